The van der Waals surface area contributed by atoms with Gasteiger partial charge in [0.05, 0.1) is 0 Å². The summed E-state index contributed by atoms with van der Waals surface area (Å²) >= 11 is 1.96. The van der Waals surface area contributed by atoms with Gasteiger partial charge < -0.3 is 15.2 Å². The van der Waals surface area contributed by atoms with E-state index in [0.29, 0.717) is 5.13 Å². The Hall–Kier alpha value is -1.94. The molecule has 112 valence electrons. The number of hydrogen-bond acceptors (Lipinski definition) is 8. The van der Waals surface area contributed by atoms with Crippen LogP contribution in [-0.4, -0.2) is 44.7 Å². The zero-order chi connectivity index (χ0) is 15.4. The number of carboxylic acid groups (broad SMARTS) is 1. The Balaban J connectivity index is 1.89. The molecule has 0 spiro atoms. The number of rotatable bonds is 6. The van der Waals surface area contributed by atoms with Crippen molar-refractivity contribution in [1.29, 1.82) is 0 Å². The highest BCUT2D eigenvalue weighted by molar-refractivity contribution is 8.15. The Kier molecular flexibility index (Phi) is 4.91. The fourth-order valence-electron chi connectivity index (χ4n) is 1.66. The van der Waals surface area contributed by atoms with E-state index in [1.807, 2.05) is 0 Å². The zero-order valence-electron chi connectivity index (χ0n) is 10.6. The van der Waals surface area contributed by atoms with E-state index in [1.54, 1.807) is 5.38 Å². The number of anilines is 1. The summed E-state index contributed by atoms with van der Waals surface area (Å²) < 4.78 is 0. The van der Waals surface area contributed by atoms with Gasteiger partial charge >= 0.3 is 0 Å². The summed E-state index contributed by atoms with van der Waals surface area (Å²) in [5.41, 5.74) is 0. The van der Waals surface area contributed by atoms with Gasteiger partial charge in [0.25, 0.3) is 5.24 Å². The number of carboxylic acids is 1. The Bertz CT molecular complexity index is 574. The van der Waals surface area contributed by atoms with Crippen molar-refractivity contribution in [3.63, 3.8) is 0 Å². The molecule has 0 unspecified atom stereocenters. The number of carbonyl (C=O) groups is 4. The second-order valence-electron chi connectivity index (χ2n) is 4.07. The number of thiazole rings is 1. The number of thioether (sulfide) groups is 1. The lowest BCUT2D eigenvalue weighted by molar-refractivity contribution is -0.305. The fraction of sp³-hybridized carbons (Fsp3) is 0.364. The van der Waals surface area contributed by atoms with Crippen molar-refractivity contribution in [3.8, 4) is 0 Å². The van der Waals surface area contributed by atoms with Crippen molar-refractivity contribution in [2.24, 2.45) is 0 Å². The minimum absolute atomic E-state index is 0.170. The van der Waals surface area contributed by atoms with Crippen molar-refractivity contribution >= 4 is 51.3 Å². The highest BCUT2D eigenvalue weighted by Gasteiger charge is 2.40. The maximum atomic E-state index is 11.9. The fourth-order valence-corrected chi connectivity index (χ4v) is 3.22. The number of hydrogen-bond donors (Lipinski definition) is 1. The van der Waals surface area contributed by atoms with Crippen molar-refractivity contribution < 1.29 is 24.3 Å². The molecule has 8 nitrogen and oxygen atoms in total. The molecule has 1 atom stereocenters. The Morgan fingerprint density at radius 2 is 2.19 bits per heavy atom. The number of carbonyl (C=O) groups excluding carboxylic acids is 4. The van der Waals surface area contributed by atoms with Gasteiger partial charge in [-0.3, -0.25) is 19.3 Å². The average Bonchev–Trinajstić information content (AvgIpc) is 2.98. The highest BCUT2D eigenvalue weighted by atomic mass is 32.2. The quantitative estimate of drug-likeness (QED) is 0.759. The molecule has 1 aromatic heterocycles. The number of nitrogens with zero attached hydrogens (tertiary/aromatic N) is 2. The van der Waals surface area contributed by atoms with Gasteiger partial charge in [0.1, 0.15) is 5.25 Å². The number of amides is 3. The molecule has 1 aliphatic rings. The van der Waals surface area contributed by atoms with Crippen molar-refractivity contribution in [3.05, 3.63) is 11.6 Å². The first-order valence-electron chi connectivity index (χ1n) is 5.88. The van der Waals surface area contributed by atoms with Crippen LogP contribution in [0.1, 0.15) is 12.8 Å². The van der Waals surface area contributed by atoms with E-state index in [0.717, 1.165) is 16.7 Å². The zero-order valence-corrected chi connectivity index (χ0v) is 12.2. The van der Waals surface area contributed by atoms with Gasteiger partial charge in [-0.2, -0.15) is 0 Å². The molecule has 2 rings (SSSR count). The number of nitrogens with one attached hydrogen (secondary N) is 1. The lowest BCUT2D eigenvalue weighted by atomic mass is 10.2. The van der Waals surface area contributed by atoms with E-state index in [1.165, 1.54) is 17.5 Å². The van der Waals surface area contributed by atoms with Gasteiger partial charge in [0.15, 0.2) is 5.13 Å². The first kappa shape index (κ1) is 15.4. The molecule has 0 saturated carbocycles. The minimum atomic E-state index is -1.34. The summed E-state index contributed by atoms with van der Waals surface area (Å²) in [4.78, 5) is 50.4. The van der Waals surface area contributed by atoms with Gasteiger partial charge in [-0.25, -0.2) is 4.98 Å². The first-order chi connectivity index (χ1) is 9.97. The molecular weight excluding hydrogens is 318 g/mol. The van der Waals surface area contributed by atoms with E-state index in [4.69, 9.17) is 0 Å². The van der Waals surface area contributed by atoms with E-state index < -0.39 is 34.7 Å². The van der Waals surface area contributed by atoms with Crippen LogP contribution < -0.4 is 10.4 Å². The SMILES string of the molecule is O=C([O-])CCN1C(=O)S[C@H](CC(=O)Nc2nccs2)C1=O. The van der Waals surface area contributed by atoms with Crippen molar-refractivity contribution in [2.75, 3.05) is 11.9 Å². The standard InChI is InChI=1S/C11H11N3O5S2/c15-7(13-10-12-2-4-20-10)5-6-9(18)14(11(19)21-6)3-1-8(16)17/h2,4,6H,1,3,5H2,(H,16,17)(H,12,13,15)/p-1/t6-/m1/s1. The van der Waals surface area contributed by atoms with E-state index in [-0.39, 0.29) is 13.0 Å². The van der Waals surface area contributed by atoms with Crippen LogP contribution in [0.25, 0.3) is 0 Å². The number of imide groups is 1. The summed E-state index contributed by atoms with van der Waals surface area (Å²) in [5, 5.41) is 13.6. The monoisotopic (exact) mass is 328 g/mol. The molecule has 1 aromatic rings. The summed E-state index contributed by atoms with van der Waals surface area (Å²) in [6.07, 6.45) is 0.938. The molecule has 0 radical (unpaired) electrons. The molecule has 0 aliphatic carbocycles. The van der Waals surface area contributed by atoms with Gasteiger partial charge in [-0.05, 0) is 0 Å². The van der Waals surface area contributed by atoms with Crippen molar-refractivity contribution in [1.82, 2.24) is 9.88 Å². The average molecular weight is 328 g/mol. The molecule has 1 fully saturated rings. The molecular formula is C11H10N3O5S2-. The third-order valence-electron chi connectivity index (χ3n) is 2.59. The molecule has 0 bridgehead atoms. The molecule has 1 aliphatic heterocycles. The lowest BCUT2D eigenvalue weighted by Gasteiger charge is -2.13. The normalized spacial score (nSPS) is 18.1. The van der Waals surface area contributed by atoms with E-state index in [9.17, 15) is 24.3 Å². The molecule has 10 heteroatoms. The molecule has 21 heavy (non-hydrogen) atoms. The smallest absolute Gasteiger partial charge is 0.289 e. The van der Waals surface area contributed by atoms with Crippen molar-refractivity contribution in [2.45, 2.75) is 18.1 Å². The summed E-state index contributed by atoms with van der Waals surface area (Å²) in [7, 11) is 0. The largest absolute Gasteiger partial charge is 0.550 e. The number of aliphatic carboxylic acids is 1. The Morgan fingerprint density at radius 3 is 2.81 bits per heavy atom. The highest BCUT2D eigenvalue weighted by Crippen LogP contribution is 2.29. The Labute approximate surface area is 127 Å². The predicted molar refractivity (Wildman–Crippen MR) is 73.5 cm³/mol. The van der Waals surface area contributed by atoms with Crippen LogP contribution in [0.5, 0.6) is 0 Å². The summed E-state index contributed by atoms with van der Waals surface area (Å²) in [5.74, 6) is -2.32. The van der Waals surface area contributed by atoms with Crippen LogP contribution in [0.2, 0.25) is 0 Å². The predicted octanol–water partition coefficient (Wildman–Crippen LogP) is -0.324. The Morgan fingerprint density at radius 1 is 1.43 bits per heavy atom. The van der Waals surface area contributed by atoms with E-state index >= 15 is 0 Å². The number of aromatic nitrogens is 1. The minimum Gasteiger partial charge on any atom is -0.550 e. The second kappa shape index (κ2) is 6.68. The van der Waals surface area contributed by atoms with Crippen LogP contribution in [0.3, 0.4) is 0 Å². The van der Waals surface area contributed by atoms with Gasteiger partial charge in [-0.1, -0.05) is 11.8 Å². The molecule has 0 aromatic carbocycles. The third kappa shape index (κ3) is 4.02. The van der Waals surface area contributed by atoms with Gasteiger partial charge in [-0.15, -0.1) is 11.3 Å². The first-order valence-corrected chi connectivity index (χ1v) is 7.64. The topological polar surface area (TPSA) is 120 Å². The van der Waals surface area contributed by atoms with Gasteiger partial charge in [0.2, 0.25) is 11.8 Å². The maximum absolute atomic E-state index is 11.9. The summed E-state index contributed by atoms with van der Waals surface area (Å²) in [6.45, 7) is -0.238. The van der Waals surface area contributed by atoms with Crippen LogP contribution in [-0.2, 0) is 14.4 Å². The molecule has 1 saturated heterocycles. The lowest BCUT2D eigenvalue weighted by Crippen LogP contribution is -2.36. The van der Waals surface area contributed by atoms with Crippen LogP contribution in [0.4, 0.5) is 9.93 Å². The molecule has 1 N–H and O–H groups in total. The molecule has 3 amide bonds. The van der Waals surface area contributed by atoms with Crippen LogP contribution in [0, 0.1) is 0 Å². The van der Waals surface area contributed by atoms with E-state index in [2.05, 4.69) is 10.3 Å². The third-order valence-corrected chi connectivity index (χ3v) is 4.36. The van der Waals surface area contributed by atoms with Crippen LogP contribution >= 0.6 is 23.1 Å². The second-order valence-corrected chi connectivity index (χ2v) is 6.12. The van der Waals surface area contributed by atoms with Crippen LogP contribution in [0.15, 0.2) is 11.6 Å². The summed E-state index contributed by atoms with van der Waals surface area (Å²) in [6, 6.07) is 0. The van der Waals surface area contributed by atoms with Gasteiger partial charge in [0, 0.05) is 36.9 Å². The maximum Gasteiger partial charge on any atom is 0.289 e. The molecule has 2 heterocycles.